The Morgan fingerprint density at radius 2 is 1.78 bits per heavy atom. The van der Waals surface area contributed by atoms with Crippen LogP contribution in [0.15, 0.2) is 30.3 Å². The number of rotatable bonds is 3. The van der Waals surface area contributed by atoms with Crippen molar-refractivity contribution in [3.63, 3.8) is 0 Å². The van der Waals surface area contributed by atoms with Gasteiger partial charge < -0.3 is 15.3 Å². The summed E-state index contributed by atoms with van der Waals surface area (Å²) in [6.45, 7) is 3.06. The summed E-state index contributed by atoms with van der Waals surface area (Å²) in [6, 6.07) is 9.85. The SMILES string of the molecule is CC[C@H]1[C@@H](O)[C@H](O)[C@@H](O)CN1Cc1ccccc1. The van der Waals surface area contributed by atoms with E-state index in [9.17, 15) is 15.3 Å². The lowest BCUT2D eigenvalue weighted by Gasteiger charge is -2.43. The number of aliphatic hydroxyl groups excluding tert-OH is 3. The highest BCUT2D eigenvalue weighted by molar-refractivity contribution is 5.15. The molecule has 4 atom stereocenters. The van der Waals surface area contributed by atoms with E-state index in [4.69, 9.17) is 0 Å². The van der Waals surface area contributed by atoms with Crippen molar-refractivity contribution in [3.05, 3.63) is 35.9 Å². The molecule has 1 heterocycles. The molecule has 0 aliphatic carbocycles. The van der Waals surface area contributed by atoms with Crippen molar-refractivity contribution in [1.82, 2.24) is 4.90 Å². The predicted octanol–water partition coefficient (Wildman–Crippen LogP) is 0.363. The molecule has 0 saturated carbocycles. The summed E-state index contributed by atoms with van der Waals surface area (Å²) in [5.74, 6) is 0. The second-order valence-electron chi connectivity index (χ2n) is 4.94. The zero-order chi connectivity index (χ0) is 13.1. The molecule has 0 bridgehead atoms. The van der Waals surface area contributed by atoms with Gasteiger partial charge >= 0.3 is 0 Å². The standard InChI is InChI=1S/C14H21NO3/c1-2-11-13(17)14(18)12(16)9-15(11)8-10-6-4-3-5-7-10/h3-7,11-14,16-18H,2,8-9H2,1H3/t11-,12-,13+,14+/m0/s1. The highest BCUT2D eigenvalue weighted by Crippen LogP contribution is 2.23. The van der Waals surface area contributed by atoms with Crippen LogP contribution in [0.3, 0.4) is 0 Å². The Bertz CT molecular complexity index is 371. The van der Waals surface area contributed by atoms with Crippen LogP contribution in [-0.2, 0) is 6.54 Å². The smallest absolute Gasteiger partial charge is 0.108 e. The topological polar surface area (TPSA) is 63.9 Å². The first kappa shape index (κ1) is 13.5. The van der Waals surface area contributed by atoms with E-state index in [0.717, 1.165) is 12.0 Å². The molecule has 4 nitrogen and oxygen atoms in total. The van der Waals surface area contributed by atoms with Gasteiger partial charge in [-0.05, 0) is 12.0 Å². The van der Waals surface area contributed by atoms with Gasteiger partial charge in [0.1, 0.15) is 6.10 Å². The number of benzene rings is 1. The van der Waals surface area contributed by atoms with Crippen molar-refractivity contribution in [1.29, 1.82) is 0 Å². The third-order valence-electron chi connectivity index (χ3n) is 3.68. The lowest BCUT2D eigenvalue weighted by molar-refractivity contribution is -0.139. The first-order valence-electron chi connectivity index (χ1n) is 6.45. The molecule has 1 fully saturated rings. The Kier molecular flexibility index (Phi) is 4.35. The van der Waals surface area contributed by atoms with Crippen LogP contribution in [0.1, 0.15) is 18.9 Å². The monoisotopic (exact) mass is 251 g/mol. The van der Waals surface area contributed by atoms with Crippen LogP contribution in [0, 0.1) is 0 Å². The van der Waals surface area contributed by atoms with Gasteiger partial charge in [-0.2, -0.15) is 0 Å². The number of nitrogens with zero attached hydrogens (tertiary/aromatic N) is 1. The summed E-state index contributed by atoms with van der Waals surface area (Å²) in [6.07, 6.45) is -2.06. The normalized spacial score (nSPS) is 33.6. The van der Waals surface area contributed by atoms with Gasteiger partial charge in [-0.3, -0.25) is 4.90 Å². The largest absolute Gasteiger partial charge is 0.389 e. The van der Waals surface area contributed by atoms with Gasteiger partial charge in [-0.25, -0.2) is 0 Å². The molecular weight excluding hydrogens is 230 g/mol. The summed E-state index contributed by atoms with van der Waals surface area (Å²) in [5.41, 5.74) is 1.15. The van der Waals surface area contributed by atoms with Gasteiger partial charge in [-0.1, -0.05) is 37.3 Å². The number of aliphatic hydroxyl groups is 3. The second kappa shape index (κ2) is 5.80. The fourth-order valence-electron chi connectivity index (χ4n) is 2.65. The highest BCUT2D eigenvalue weighted by atomic mass is 16.4. The Morgan fingerprint density at radius 1 is 1.11 bits per heavy atom. The van der Waals surface area contributed by atoms with E-state index in [1.807, 2.05) is 42.2 Å². The lowest BCUT2D eigenvalue weighted by Crippen LogP contribution is -2.60. The van der Waals surface area contributed by atoms with Gasteiger partial charge in [0.15, 0.2) is 0 Å². The van der Waals surface area contributed by atoms with E-state index in [1.54, 1.807) is 0 Å². The maximum atomic E-state index is 10.0. The minimum Gasteiger partial charge on any atom is -0.389 e. The molecule has 18 heavy (non-hydrogen) atoms. The maximum absolute atomic E-state index is 10.0. The average Bonchev–Trinajstić information content (AvgIpc) is 2.38. The van der Waals surface area contributed by atoms with Crippen molar-refractivity contribution in [2.75, 3.05) is 6.54 Å². The van der Waals surface area contributed by atoms with E-state index in [0.29, 0.717) is 13.1 Å². The molecule has 2 rings (SSSR count). The first-order valence-corrected chi connectivity index (χ1v) is 6.45. The Labute approximate surface area is 107 Å². The van der Waals surface area contributed by atoms with Crippen molar-refractivity contribution in [2.24, 2.45) is 0 Å². The van der Waals surface area contributed by atoms with Crippen LogP contribution < -0.4 is 0 Å². The highest BCUT2D eigenvalue weighted by Gasteiger charge is 2.40. The number of likely N-dealkylation sites (tertiary alicyclic amines) is 1. The molecule has 4 heteroatoms. The van der Waals surface area contributed by atoms with E-state index < -0.39 is 18.3 Å². The van der Waals surface area contributed by atoms with Crippen LogP contribution in [0.5, 0.6) is 0 Å². The summed E-state index contributed by atoms with van der Waals surface area (Å²) in [4.78, 5) is 2.04. The van der Waals surface area contributed by atoms with Gasteiger partial charge in [0.2, 0.25) is 0 Å². The lowest BCUT2D eigenvalue weighted by atomic mass is 9.92. The van der Waals surface area contributed by atoms with Crippen LogP contribution in [0.2, 0.25) is 0 Å². The molecule has 0 aromatic heterocycles. The zero-order valence-electron chi connectivity index (χ0n) is 10.6. The molecule has 1 aliphatic heterocycles. The van der Waals surface area contributed by atoms with Crippen LogP contribution >= 0.6 is 0 Å². The minimum absolute atomic E-state index is 0.108. The summed E-state index contributed by atoms with van der Waals surface area (Å²) in [5, 5.41) is 29.5. The number of hydrogen-bond acceptors (Lipinski definition) is 4. The molecule has 1 aromatic rings. The van der Waals surface area contributed by atoms with Gasteiger partial charge in [0.05, 0.1) is 12.2 Å². The number of hydrogen-bond donors (Lipinski definition) is 3. The van der Waals surface area contributed by atoms with E-state index in [-0.39, 0.29) is 6.04 Å². The van der Waals surface area contributed by atoms with E-state index >= 15 is 0 Å². The minimum atomic E-state index is -1.04. The van der Waals surface area contributed by atoms with Gasteiger partial charge in [0.25, 0.3) is 0 Å². The van der Waals surface area contributed by atoms with Crippen molar-refractivity contribution < 1.29 is 15.3 Å². The van der Waals surface area contributed by atoms with Crippen LogP contribution in [-0.4, -0.2) is 51.1 Å². The molecule has 100 valence electrons. The predicted molar refractivity (Wildman–Crippen MR) is 69.0 cm³/mol. The average molecular weight is 251 g/mol. The molecular formula is C14H21NO3. The quantitative estimate of drug-likeness (QED) is 0.726. The number of β-amino-alcohol motifs (C(OH)–C–C–N with tert-alkyl or cyclic N) is 1. The fourth-order valence-corrected chi connectivity index (χ4v) is 2.65. The molecule has 1 aromatic carbocycles. The summed E-state index contributed by atoms with van der Waals surface area (Å²) in [7, 11) is 0. The fraction of sp³-hybridized carbons (Fsp3) is 0.571. The molecule has 0 radical (unpaired) electrons. The van der Waals surface area contributed by atoms with Gasteiger partial charge in [0, 0.05) is 19.1 Å². The van der Waals surface area contributed by atoms with Crippen molar-refractivity contribution in [3.8, 4) is 0 Å². The Balaban J connectivity index is 2.10. The second-order valence-corrected chi connectivity index (χ2v) is 4.94. The first-order chi connectivity index (χ1) is 8.63. The van der Waals surface area contributed by atoms with Gasteiger partial charge in [-0.15, -0.1) is 0 Å². The molecule has 3 N–H and O–H groups in total. The zero-order valence-corrected chi connectivity index (χ0v) is 10.6. The molecule has 1 aliphatic rings. The van der Waals surface area contributed by atoms with Crippen molar-refractivity contribution in [2.45, 2.75) is 44.2 Å². The maximum Gasteiger partial charge on any atom is 0.108 e. The van der Waals surface area contributed by atoms with Crippen molar-refractivity contribution >= 4 is 0 Å². The summed E-state index contributed by atoms with van der Waals surface area (Å²) < 4.78 is 0. The third kappa shape index (κ3) is 2.72. The molecule has 0 amide bonds. The Morgan fingerprint density at radius 3 is 2.39 bits per heavy atom. The van der Waals surface area contributed by atoms with Crippen LogP contribution in [0.4, 0.5) is 0 Å². The van der Waals surface area contributed by atoms with E-state index in [2.05, 4.69) is 0 Å². The molecule has 0 spiro atoms. The Hall–Kier alpha value is -0.940. The summed E-state index contributed by atoms with van der Waals surface area (Å²) >= 11 is 0. The third-order valence-corrected chi connectivity index (χ3v) is 3.68. The number of piperidine rings is 1. The molecule has 1 saturated heterocycles. The van der Waals surface area contributed by atoms with Crippen LogP contribution in [0.25, 0.3) is 0 Å². The van der Waals surface area contributed by atoms with E-state index in [1.165, 1.54) is 0 Å². The molecule has 0 unspecified atom stereocenters.